The van der Waals surface area contributed by atoms with Crippen molar-refractivity contribution >= 4 is 62.0 Å². The highest BCUT2D eigenvalue weighted by Gasteiger charge is 2.39. The van der Waals surface area contributed by atoms with E-state index in [2.05, 4.69) is 48.2 Å². The van der Waals surface area contributed by atoms with Gasteiger partial charge in [0.2, 0.25) is 0 Å². The summed E-state index contributed by atoms with van der Waals surface area (Å²) in [6.07, 6.45) is -2.69. The molecule has 27 heteroatoms. The number of methoxy groups -OCH3 is 2. The number of alkyl halides is 3. The van der Waals surface area contributed by atoms with Gasteiger partial charge in [-0.1, -0.05) is 34.1 Å². The van der Waals surface area contributed by atoms with Gasteiger partial charge in [-0.2, -0.15) is 13.2 Å². The van der Waals surface area contributed by atoms with Gasteiger partial charge in [0, 0.05) is 83.4 Å². The number of esters is 1. The average Bonchev–Trinajstić information content (AvgIpc) is 3.53. The van der Waals surface area contributed by atoms with Gasteiger partial charge in [-0.05, 0) is 74.9 Å². The minimum atomic E-state index is -4.82. The molecule has 0 spiro atoms. The monoisotopic (exact) mass is 1240 g/mol. The number of fused-ring (bicyclic) bond motifs is 1. The molecule has 446 valence electrons. The lowest BCUT2D eigenvalue weighted by molar-refractivity contribution is -0.139. The number of ether oxygens (including phenoxy) is 5. The number of anilines is 2. The Kier molecular flexibility index (Phi) is 22.6. The number of hydrogen-bond acceptors (Lipinski definition) is 14. The molecule has 4 N–H and O–H groups in total. The van der Waals surface area contributed by atoms with Gasteiger partial charge in [0.1, 0.15) is 68.9 Å². The van der Waals surface area contributed by atoms with E-state index in [-0.39, 0.29) is 45.1 Å². The van der Waals surface area contributed by atoms with E-state index in [4.69, 9.17) is 24.1 Å². The molecule has 9 rings (SSSR count). The predicted molar refractivity (Wildman–Crippen MR) is 288 cm³/mol. The maximum Gasteiger partial charge on any atom is 0.422 e. The van der Waals surface area contributed by atoms with Crippen molar-refractivity contribution in [3.8, 4) is 17.0 Å². The second kappa shape index (κ2) is 29.1. The first-order valence-corrected chi connectivity index (χ1v) is 26.1. The number of carboxylic acids is 2. The highest BCUT2D eigenvalue weighted by Crippen LogP contribution is 2.43. The fourth-order valence-corrected chi connectivity index (χ4v) is 9.38. The number of rotatable bonds is 11. The highest BCUT2D eigenvalue weighted by molar-refractivity contribution is 9.10. The van der Waals surface area contributed by atoms with E-state index < -0.39 is 105 Å². The Morgan fingerprint density at radius 2 is 1.28 bits per heavy atom. The minimum Gasteiger partial charge on any atom is -0.496 e. The zero-order chi connectivity index (χ0) is 60.9. The summed E-state index contributed by atoms with van der Waals surface area (Å²) in [5.41, 5.74) is -3.15. The van der Waals surface area contributed by atoms with Crippen molar-refractivity contribution in [2.45, 2.75) is 57.5 Å². The minimum absolute atomic E-state index is 0.00627. The number of hydrogen-bond donors (Lipinski definition) is 4. The first-order chi connectivity index (χ1) is 39.4. The Bertz CT molecular complexity index is 3230. The summed E-state index contributed by atoms with van der Waals surface area (Å²) in [4.78, 5) is 58.5. The maximum atomic E-state index is 15.1. The predicted octanol–water partition coefficient (Wildman–Crippen LogP) is 9.65. The zero-order valence-corrected chi connectivity index (χ0v) is 46.6. The SMILES string of the molecule is COC(=O)c1c(F)cc(Br)cc1F.COc1ccnc(-c2ccc(C[C@H](NC(=O)c3c(F)cc(N4CCOC[C@@H]4C)cc3F)C(=O)O)c3cccnc23)c1C(F)(F)F.C[C@H]1COCCN1.C[C@H]1COCCN1c1cc(F)c(C(=O)O)c(F)c1. The van der Waals surface area contributed by atoms with Crippen molar-refractivity contribution in [3.63, 3.8) is 0 Å². The lowest BCUT2D eigenvalue weighted by Crippen LogP contribution is -2.44. The van der Waals surface area contributed by atoms with Crippen LogP contribution in [0.3, 0.4) is 0 Å². The molecular formula is C56H56BrF9N6O11. The van der Waals surface area contributed by atoms with Gasteiger partial charge in [-0.25, -0.2) is 40.7 Å². The third kappa shape index (κ3) is 16.4. The molecule has 3 aliphatic heterocycles. The first-order valence-electron chi connectivity index (χ1n) is 25.3. The number of carboxylic acid groups (broad SMARTS) is 2. The van der Waals surface area contributed by atoms with Gasteiger partial charge in [-0.3, -0.25) is 14.8 Å². The number of nitrogens with zero attached hydrogens (tertiary/aromatic N) is 4. The van der Waals surface area contributed by atoms with E-state index in [0.717, 1.165) is 82.6 Å². The standard InChI is InChI=1S/C31H27F5N4O5.C12H13F2NO3.C8H5BrF2O2.C5H11NO/c1-16-15-45-11-10-40(16)18-13-21(32)25(22(33)14-18)29(41)39-23(30(42)43)12-17-5-6-20(27-19(17)4-3-8-37-27)28-26(31(34,35)36)24(44-2)7-9-38-28;1-7-6-18-3-2-15(7)8-4-9(13)11(12(16)17)10(14)5-8;1-13-8(12)7-5(10)2-4(9)3-6(7)11;1-5-4-7-3-2-6-5/h3-9,13-14,16,23H,10-12,15H2,1-2H3,(H,39,41)(H,42,43);4-5,7H,2-3,6H2,1H3,(H,16,17);2-3H,1H3;5-6H,2-4H2,1H3/t16-,23-;7-;;5-/m00.0/s1. The number of morpholine rings is 3. The van der Waals surface area contributed by atoms with E-state index in [9.17, 15) is 55.0 Å². The Hall–Kier alpha value is -7.59. The number of aromatic carboxylic acids is 1. The lowest BCUT2D eigenvalue weighted by Gasteiger charge is -2.35. The van der Waals surface area contributed by atoms with E-state index in [0.29, 0.717) is 56.8 Å². The topological polar surface area (TPSA) is 211 Å². The van der Waals surface area contributed by atoms with Crippen LogP contribution in [-0.4, -0.2) is 142 Å². The van der Waals surface area contributed by atoms with E-state index in [1.54, 1.807) is 9.80 Å². The van der Waals surface area contributed by atoms with Gasteiger partial charge >= 0.3 is 24.1 Å². The summed E-state index contributed by atoms with van der Waals surface area (Å²) in [7, 11) is 2.16. The molecule has 0 aliphatic carbocycles. The van der Waals surface area contributed by atoms with Crippen LogP contribution in [0.1, 0.15) is 63.0 Å². The lowest BCUT2D eigenvalue weighted by atomic mass is 9.95. The second-order valence-electron chi connectivity index (χ2n) is 18.7. The first kappa shape index (κ1) is 64.6. The molecule has 6 aromatic rings. The molecule has 17 nitrogen and oxygen atoms in total. The largest absolute Gasteiger partial charge is 0.496 e. The molecule has 1 amide bonds. The van der Waals surface area contributed by atoms with Gasteiger partial charge < -0.3 is 54.3 Å². The second-order valence-corrected chi connectivity index (χ2v) is 19.7. The average molecular weight is 1240 g/mol. The number of halogens is 10. The molecule has 0 unspecified atom stereocenters. The van der Waals surface area contributed by atoms with Crippen LogP contribution < -0.4 is 25.2 Å². The van der Waals surface area contributed by atoms with Crippen molar-refractivity contribution in [2.24, 2.45) is 0 Å². The Morgan fingerprint density at radius 3 is 1.73 bits per heavy atom. The van der Waals surface area contributed by atoms with Crippen LogP contribution in [0.4, 0.5) is 50.9 Å². The molecule has 3 fully saturated rings. The fourth-order valence-electron chi connectivity index (χ4n) is 8.97. The summed E-state index contributed by atoms with van der Waals surface area (Å²) in [5, 5.41) is 24.3. The number of benzene rings is 4. The van der Waals surface area contributed by atoms with Crippen molar-refractivity contribution in [1.29, 1.82) is 0 Å². The smallest absolute Gasteiger partial charge is 0.422 e. The Balaban J connectivity index is 0.000000234. The maximum absolute atomic E-state index is 15.1. The molecule has 4 atom stereocenters. The van der Waals surface area contributed by atoms with E-state index >= 15 is 8.78 Å². The van der Waals surface area contributed by atoms with Gasteiger partial charge in [-0.15, -0.1) is 0 Å². The quantitative estimate of drug-likeness (QED) is 0.0703. The molecule has 0 saturated carbocycles. The molecule has 0 bridgehead atoms. The number of aliphatic carboxylic acids is 1. The van der Waals surface area contributed by atoms with Crippen LogP contribution in [-0.2, 0) is 36.3 Å². The number of nitrogens with one attached hydrogen (secondary N) is 2. The molecule has 3 saturated heterocycles. The molecule has 83 heavy (non-hydrogen) atoms. The fraction of sp³-hybridized carbons (Fsp3) is 0.357. The Labute approximate surface area is 477 Å². The number of pyridine rings is 2. The summed E-state index contributed by atoms with van der Waals surface area (Å²) >= 11 is 2.89. The number of aromatic nitrogens is 2. The van der Waals surface area contributed by atoms with Crippen LogP contribution in [0.5, 0.6) is 5.75 Å². The molecule has 3 aliphatic rings. The van der Waals surface area contributed by atoms with Crippen LogP contribution in [0.25, 0.3) is 22.2 Å². The van der Waals surface area contributed by atoms with Crippen LogP contribution in [0.2, 0.25) is 0 Å². The summed E-state index contributed by atoms with van der Waals surface area (Å²) in [5.74, 6) is -12.2. The highest BCUT2D eigenvalue weighted by atomic mass is 79.9. The third-order valence-corrected chi connectivity index (χ3v) is 13.4. The van der Waals surface area contributed by atoms with E-state index in [1.807, 2.05) is 13.8 Å². The summed E-state index contributed by atoms with van der Waals surface area (Å²) in [6.45, 7) is 11.2. The molecule has 4 aromatic carbocycles. The van der Waals surface area contributed by atoms with Crippen molar-refractivity contribution < 1.29 is 92.6 Å². The van der Waals surface area contributed by atoms with Crippen LogP contribution in [0.15, 0.2) is 83.6 Å². The third-order valence-electron chi connectivity index (χ3n) is 13.0. The Morgan fingerprint density at radius 1 is 0.735 bits per heavy atom. The van der Waals surface area contributed by atoms with Gasteiger partial charge in [0.05, 0.1) is 65.1 Å². The van der Waals surface area contributed by atoms with Gasteiger partial charge in [0.25, 0.3) is 5.91 Å². The summed E-state index contributed by atoms with van der Waals surface area (Å²) in [6, 6.07) is 11.7. The van der Waals surface area contributed by atoms with E-state index in [1.165, 1.54) is 30.5 Å². The van der Waals surface area contributed by atoms with Crippen LogP contribution >= 0.6 is 15.9 Å². The van der Waals surface area contributed by atoms with Crippen LogP contribution in [0, 0.1) is 34.9 Å². The molecule has 5 heterocycles. The molecule has 2 aromatic heterocycles. The number of carbonyl (C=O) groups excluding carboxylic acids is 2. The molecule has 0 radical (unpaired) electrons. The molecular weight excluding hydrogens is 1180 g/mol. The summed E-state index contributed by atoms with van der Waals surface area (Å²) < 4.78 is 151. The van der Waals surface area contributed by atoms with Gasteiger partial charge in [0.15, 0.2) is 0 Å². The number of carbonyl (C=O) groups is 4. The number of amides is 1. The van der Waals surface area contributed by atoms with Crippen molar-refractivity contribution in [3.05, 3.63) is 146 Å². The normalized spacial score (nSPS) is 17.3. The zero-order valence-electron chi connectivity index (χ0n) is 45.0. The van der Waals surface area contributed by atoms with Crippen molar-refractivity contribution in [2.75, 3.05) is 83.3 Å². The van der Waals surface area contributed by atoms with Crippen molar-refractivity contribution in [1.82, 2.24) is 20.6 Å².